The Hall–Kier alpha value is -0.578. The van der Waals surface area contributed by atoms with Crippen molar-refractivity contribution in [1.29, 1.82) is 0 Å². The van der Waals surface area contributed by atoms with Crippen LogP contribution >= 0.6 is 0 Å². The van der Waals surface area contributed by atoms with Crippen LogP contribution in [0.1, 0.15) is 46.9 Å². The van der Waals surface area contributed by atoms with Crippen molar-refractivity contribution >= 4 is 23.3 Å². The second-order valence-electron chi connectivity index (χ2n) is 5.36. The first kappa shape index (κ1) is 40.7. The molecule has 0 aliphatic heterocycles. The van der Waals surface area contributed by atoms with Crippen LogP contribution in [0.2, 0.25) is 0 Å². The van der Waals surface area contributed by atoms with Crippen LogP contribution in [0, 0.1) is 32.4 Å². The van der Waals surface area contributed by atoms with E-state index in [-0.39, 0.29) is 116 Å². The van der Waals surface area contributed by atoms with Crippen molar-refractivity contribution in [1.82, 2.24) is 34.8 Å². The summed E-state index contributed by atoms with van der Waals surface area (Å²) in [7, 11) is 0. The second-order valence-corrected chi connectivity index (χ2v) is 5.36. The minimum atomic E-state index is -0.407. The van der Waals surface area contributed by atoms with E-state index in [0.29, 0.717) is 17.3 Å². The Morgan fingerprint density at radius 1 is 1.13 bits per heavy atom. The number of Topliss-reactive ketones (excluding diaryl/α,β-unsaturated/α-hetero) is 2. The van der Waals surface area contributed by atoms with E-state index in [1.54, 1.807) is 20.8 Å². The Labute approximate surface area is 244 Å². The molecule has 0 bridgehead atoms. The summed E-state index contributed by atoms with van der Waals surface area (Å²) in [4.78, 5) is 42.3. The van der Waals surface area contributed by atoms with Gasteiger partial charge in [0, 0.05) is 95.2 Å². The molecule has 31 heavy (non-hydrogen) atoms. The number of carbonyl (C=O) groups is 2. The number of aromatic amines is 2. The van der Waals surface area contributed by atoms with Crippen molar-refractivity contribution in [2.24, 2.45) is 5.92 Å². The van der Waals surface area contributed by atoms with Gasteiger partial charge in [-0.05, 0) is 47.3 Å². The molecule has 0 atom stereocenters. The molecule has 3 aromatic rings. The van der Waals surface area contributed by atoms with Gasteiger partial charge in [-0.2, -0.15) is 0 Å². The molecular weight excluding hydrogens is 593 g/mol. The van der Waals surface area contributed by atoms with Crippen LogP contribution in [0.3, 0.4) is 0 Å². The van der Waals surface area contributed by atoms with Crippen molar-refractivity contribution in [3.05, 3.63) is 34.3 Å². The molecular formula is C17H28N8O3VY2-2. The molecule has 4 N–H and O–H groups in total. The first-order valence-corrected chi connectivity index (χ1v) is 7.52. The van der Waals surface area contributed by atoms with E-state index in [1.807, 2.05) is 0 Å². The summed E-state index contributed by atoms with van der Waals surface area (Å²) >= 11 is 0. The Balaban J connectivity index is -0.000000106. The maximum atomic E-state index is 11.4. The number of H-pyrrole nitrogens is 2. The van der Waals surface area contributed by atoms with Crippen LogP contribution in [0.25, 0.3) is 5.78 Å². The third-order valence-corrected chi connectivity index (χ3v) is 3.46. The van der Waals surface area contributed by atoms with Gasteiger partial charge < -0.3 is 25.8 Å². The van der Waals surface area contributed by atoms with Gasteiger partial charge in [0.1, 0.15) is 11.6 Å². The maximum Gasteiger partial charge on any atom is 0.260 e. The number of nitrogens with one attached hydrogen (secondary N) is 2. The third kappa shape index (κ3) is 13.5. The van der Waals surface area contributed by atoms with Gasteiger partial charge in [0.2, 0.25) is 0 Å². The Bertz CT molecular complexity index is 931. The fourth-order valence-corrected chi connectivity index (χ4v) is 1.47. The van der Waals surface area contributed by atoms with Crippen molar-refractivity contribution in [3.63, 3.8) is 0 Å². The summed E-state index contributed by atoms with van der Waals surface area (Å²) < 4.78 is 1.20. The SMILES string of the molecule is C.C.CC(=O)C(C)C(C)=O.Cc1nc2[nH][c-]nn2c(=O)c1C.Nc1n[c-]n[nH]1.[V].[Y].[Y]. The molecule has 0 unspecified atom stereocenters. The van der Waals surface area contributed by atoms with Gasteiger partial charge in [-0.3, -0.25) is 29.1 Å². The summed E-state index contributed by atoms with van der Waals surface area (Å²) in [6, 6.07) is 0. The van der Waals surface area contributed by atoms with E-state index in [0.717, 1.165) is 5.69 Å². The number of nitrogens with zero attached hydrogens (tertiary/aromatic N) is 5. The minimum absolute atomic E-state index is 0. The molecule has 0 spiro atoms. The number of hydrogen-bond acceptors (Lipinski definition) is 8. The Morgan fingerprint density at radius 3 is 1.97 bits per heavy atom. The first-order chi connectivity index (χ1) is 12.1. The fourth-order valence-electron chi connectivity index (χ4n) is 1.47. The first-order valence-electron chi connectivity index (χ1n) is 7.52. The quantitative estimate of drug-likeness (QED) is 0.283. The summed E-state index contributed by atoms with van der Waals surface area (Å²) in [5.74, 6) is 0.211. The van der Waals surface area contributed by atoms with Crippen molar-refractivity contribution in [3.8, 4) is 0 Å². The zero-order valence-electron chi connectivity index (χ0n) is 16.7. The number of anilines is 1. The smallest absolute Gasteiger partial charge is 0.260 e. The number of carbonyl (C=O) groups excluding carboxylic acids is 2. The zero-order valence-corrected chi connectivity index (χ0v) is 23.8. The molecule has 0 aromatic carbocycles. The number of rotatable bonds is 2. The minimum Gasteiger partial charge on any atom is -0.477 e. The van der Waals surface area contributed by atoms with E-state index < -0.39 is 5.92 Å². The number of aryl methyl sites for hydroxylation is 1. The van der Waals surface area contributed by atoms with Gasteiger partial charge >= 0.3 is 0 Å². The van der Waals surface area contributed by atoms with Gasteiger partial charge in [0.05, 0.1) is 17.6 Å². The standard InChI is InChI=1S/C7H7N4O.C6H10O2.C2H3N4.2CH4.V.2Y/c1-4-5(2)10-7-8-3-9-11(7)6(4)12;1-4(5(2)7)6(3)8;3-2-4-1-5-6-2;;;;;/h1-2H3,(H,8,9,10);4H,1-3H3;(H3,3,4,5,6);2*1H4;;;/q-1;;-1;;;;;. The molecule has 0 saturated carbocycles. The largest absolute Gasteiger partial charge is 0.477 e. The van der Waals surface area contributed by atoms with E-state index in [4.69, 9.17) is 5.73 Å². The molecule has 0 fully saturated rings. The summed E-state index contributed by atoms with van der Waals surface area (Å²) in [5.41, 5.74) is 6.21. The molecule has 0 aliphatic rings. The van der Waals surface area contributed by atoms with Crippen LogP contribution < -0.4 is 11.3 Å². The van der Waals surface area contributed by atoms with Crippen LogP contribution in [-0.2, 0) is 93.6 Å². The van der Waals surface area contributed by atoms with E-state index in [1.165, 1.54) is 18.4 Å². The molecule has 0 aliphatic carbocycles. The normalized spacial score (nSPS) is 8.32. The zero-order chi connectivity index (χ0) is 19.9. The number of aromatic nitrogens is 7. The number of ketones is 2. The average Bonchev–Trinajstić information content (AvgIpc) is 3.24. The van der Waals surface area contributed by atoms with Crippen LogP contribution in [0.15, 0.2) is 4.79 Å². The molecule has 3 aromatic heterocycles. The van der Waals surface area contributed by atoms with Gasteiger partial charge in [0.15, 0.2) is 0 Å². The molecule has 14 heteroatoms. The summed E-state index contributed by atoms with van der Waals surface area (Å²) in [6.45, 7) is 7.98. The number of fused-ring (bicyclic) bond motifs is 1. The van der Waals surface area contributed by atoms with Crippen LogP contribution in [0.5, 0.6) is 0 Å². The fraction of sp³-hybridized carbons (Fsp3) is 0.471. The van der Waals surface area contributed by atoms with E-state index in [2.05, 4.69) is 42.9 Å². The molecule has 3 rings (SSSR count). The van der Waals surface area contributed by atoms with Crippen molar-refractivity contribution in [2.45, 2.75) is 49.5 Å². The van der Waals surface area contributed by atoms with E-state index >= 15 is 0 Å². The predicted molar refractivity (Wildman–Crippen MR) is 106 cm³/mol. The maximum absolute atomic E-state index is 11.4. The van der Waals surface area contributed by atoms with Crippen LogP contribution in [-0.4, -0.2) is 46.3 Å². The molecule has 0 saturated heterocycles. The van der Waals surface area contributed by atoms with E-state index in [9.17, 15) is 14.4 Å². The summed E-state index contributed by atoms with van der Waals surface area (Å²) in [6.07, 6.45) is 4.71. The molecule has 3 radical (unpaired) electrons. The van der Waals surface area contributed by atoms with Gasteiger partial charge in [-0.15, -0.1) is 0 Å². The number of nitrogen functional groups attached to an aromatic ring is 1. The average molecular weight is 621 g/mol. The number of hydrogen-bond donors (Lipinski definition) is 3. The molecule has 11 nitrogen and oxygen atoms in total. The molecule has 3 heterocycles. The van der Waals surface area contributed by atoms with Crippen molar-refractivity contribution in [2.75, 3.05) is 5.73 Å². The van der Waals surface area contributed by atoms with Gasteiger partial charge in [0.25, 0.3) is 5.56 Å². The Morgan fingerprint density at radius 2 is 1.65 bits per heavy atom. The van der Waals surface area contributed by atoms with Crippen LogP contribution in [0.4, 0.5) is 5.95 Å². The van der Waals surface area contributed by atoms with Gasteiger partial charge in [-0.25, -0.2) is 0 Å². The second kappa shape index (κ2) is 20.1. The van der Waals surface area contributed by atoms with Crippen molar-refractivity contribution < 1.29 is 93.6 Å². The predicted octanol–water partition coefficient (Wildman–Crippen LogP) is 1.09. The Kier molecular flexibility index (Phi) is 26.4. The summed E-state index contributed by atoms with van der Waals surface area (Å²) in [5, 5.41) is 9.38. The number of nitrogens with two attached hydrogens (primary N) is 1. The molecule has 167 valence electrons. The topological polar surface area (TPSA) is 165 Å². The monoisotopic (exact) mass is 621 g/mol. The molecule has 0 amide bonds. The van der Waals surface area contributed by atoms with Gasteiger partial charge in [-0.1, -0.05) is 14.9 Å². The third-order valence-electron chi connectivity index (χ3n) is 3.46.